The van der Waals surface area contributed by atoms with Crippen LogP contribution in [0.15, 0.2) is 104 Å². The van der Waals surface area contributed by atoms with Crippen LogP contribution in [-0.2, 0) is 14.3 Å². The molecular weight excluding hydrogens is 897 g/mol. The van der Waals surface area contributed by atoms with Crippen molar-refractivity contribution in [1.82, 2.24) is 55.2 Å². The number of nitrogens with one attached hydrogen (secondary N) is 5. The minimum absolute atomic E-state index is 0.0289. The minimum atomic E-state index is -0.704. The van der Waals surface area contributed by atoms with Crippen molar-refractivity contribution in [3.8, 4) is 50.7 Å². The Bertz CT molecular complexity index is 2650. The van der Waals surface area contributed by atoms with E-state index in [2.05, 4.69) is 134 Å². The summed E-state index contributed by atoms with van der Waals surface area (Å²) in [6, 6.07) is 24.2. The van der Waals surface area contributed by atoms with Gasteiger partial charge in [0.25, 0.3) is 0 Å². The topological polar surface area (TPSA) is 191 Å². The first-order chi connectivity index (χ1) is 34.4. The average Bonchev–Trinajstić information content (AvgIpc) is 4.27. The molecule has 17 nitrogen and oxygen atoms in total. The maximum atomic E-state index is 13.8. The van der Waals surface area contributed by atoms with E-state index >= 15 is 0 Å². The fraction of sp³-hybridized carbons (Fsp3) is 0.407. The number of anilines is 1. The van der Waals surface area contributed by atoms with Crippen LogP contribution in [0.1, 0.15) is 77.1 Å². The Kier molecular flexibility index (Phi) is 14.6. The van der Waals surface area contributed by atoms with Gasteiger partial charge in [-0.1, -0.05) is 82.8 Å². The summed E-state index contributed by atoms with van der Waals surface area (Å²) in [6.07, 6.45) is 8.60. The normalized spacial score (nSPS) is 17.9. The number of benzene rings is 2. The molecule has 3 saturated heterocycles. The van der Waals surface area contributed by atoms with Crippen LogP contribution in [0.25, 0.3) is 50.7 Å². The molecule has 3 fully saturated rings. The molecule has 4 aromatic heterocycles. The number of hydrogen-bond donors (Lipinski definition) is 5. The van der Waals surface area contributed by atoms with Gasteiger partial charge in [-0.15, -0.1) is 0 Å². The van der Waals surface area contributed by atoms with E-state index in [1.54, 1.807) is 7.05 Å². The molecule has 4 atom stereocenters. The monoisotopic (exact) mass is 963 g/mol. The first-order valence-corrected chi connectivity index (χ1v) is 24.8. The first-order valence-electron chi connectivity index (χ1n) is 24.8. The van der Waals surface area contributed by atoms with Crippen molar-refractivity contribution in [2.45, 2.75) is 77.5 Å². The Labute approximate surface area is 415 Å². The van der Waals surface area contributed by atoms with Crippen molar-refractivity contribution in [1.29, 1.82) is 0 Å². The van der Waals surface area contributed by atoms with Gasteiger partial charge in [0.2, 0.25) is 5.91 Å². The number of nitrogens with zero attached hydrogens (tertiary/aromatic N) is 7. The number of rotatable bonds is 15. The highest BCUT2D eigenvalue weighted by Gasteiger charge is 2.38. The van der Waals surface area contributed by atoms with Gasteiger partial charge in [0.1, 0.15) is 23.5 Å². The lowest BCUT2D eigenvalue weighted by atomic mass is 10.00. The molecule has 0 aliphatic carbocycles. The van der Waals surface area contributed by atoms with E-state index in [0.29, 0.717) is 19.8 Å². The predicted octanol–water partition coefficient (Wildman–Crippen LogP) is 8.47. The molecule has 0 spiro atoms. The number of likely N-dealkylation sites (tertiary alicyclic amines) is 2. The fourth-order valence-electron chi connectivity index (χ4n) is 10.2. The molecule has 5 N–H and O–H groups in total. The lowest BCUT2D eigenvalue weighted by molar-refractivity contribution is -0.135. The Morgan fingerprint density at radius 1 is 0.676 bits per heavy atom. The summed E-state index contributed by atoms with van der Waals surface area (Å²) < 4.78 is 12.7. The van der Waals surface area contributed by atoms with Gasteiger partial charge in [-0.2, -0.15) is 0 Å². The third-order valence-electron chi connectivity index (χ3n) is 14.1. The molecule has 0 radical (unpaired) electrons. The van der Waals surface area contributed by atoms with Gasteiger partial charge in [-0.25, -0.2) is 24.5 Å². The number of hydrogen-bond acceptors (Lipinski definition) is 10. The standard InChI is InChI=1S/C54H66N12O5/c1-33(2)48(61-53(68)55-6)35(5)64-24-8-10-45(64)50-57-31-41(59-50)36-12-16-38(17-13-36)43-21-22-44(66(43)40-20-23-47(56-30-40)63-26-28-71-29-27-63)39-18-14-37(15-19-39)42-32-58-51(60-42)46-11-9-25-65(46)52(67)49(34(3)4)62-54(69)70-7/h12-23,30-34,45-46,48-49H,5,8-11,24-29H2,1-4,6-7H3,(H,57,59)(H,58,60)(H,62,69)(H2,55,61,68)/t45-,46-,48-,49?/m0/s1. The highest BCUT2D eigenvalue weighted by Crippen LogP contribution is 2.38. The van der Waals surface area contributed by atoms with Crippen molar-refractivity contribution in [3.63, 3.8) is 0 Å². The molecule has 4 amide bonds. The third-order valence-corrected chi connectivity index (χ3v) is 14.1. The number of amides is 4. The number of aromatic nitrogens is 6. The second kappa shape index (κ2) is 21.3. The number of carbonyl (C=O) groups is 3. The zero-order valence-electron chi connectivity index (χ0n) is 41.6. The van der Waals surface area contributed by atoms with E-state index in [1.165, 1.54) is 7.11 Å². The van der Waals surface area contributed by atoms with Gasteiger partial charge in [0.05, 0.1) is 85.5 Å². The van der Waals surface area contributed by atoms with Crippen LogP contribution in [0.5, 0.6) is 0 Å². The maximum Gasteiger partial charge on any atom is 0.407 e. The van der Waals surface area contributed by atoms with Crippen LogP contribution in [0.3, 0.4) is 0 Å². The molecule has 372 valence electrons. The number of H-pyrrole nitrogens is 2. The van der Waals surface area contributed by atoms with Gasteiger partial charge in [-0.3, -0.25) is 4.79 Å². The summed E-state index contributed by atoms with van der Waals surface area (Å²) in [4.78, 5) is 66.3. The van der Waals surface area contributed by atoms with Gasteiger partial charge in [0.15, 0.2) is 0 Å². The minimum Gasteiger partial charge on any atom is -0.453 e. The predicted molar refractivity (Wildman–Crippen MR) is 275 cm³/mol. The van der Waals surface area contributed by atoms with Crippen LogP contribution in [-0.4, -0.2) is 123 Å². The SMILES string of the molecule is C=C([C@@H](NC(=O)NC)C(C)C)N1CCC[C@H]1c1ncc(-c2ccc(-c3ccc(-c4ccc(-c5cnc([C@@H]6CCCN6C(=O)C(NC(=O)OC)C(C)C)[nH]5)cc4)n3-c3ccc(N4CCOCC4)nc3)cc2)[nH]1. The molecule has 3 aliphatic heterocycles. The molecular formula is C54H66N12O5. The number of methoxy groups -OCH3 is 1. The van der Waals surface area contributed by atoms with Crippen LogP contribution in [0.4, 0.5) is 15.4 Å². The molecule has 71 heavy (non-hydrogen) atoms. The highest BCUT2D eigenvalue weighted by molar-refractivity contribution is 5.86. The number of alkyl carbamates (subject to hydrolysis) is 1. The van der Waals surface area contributed by atoms with Gasteiger partial charge >= 0.3 is 12.1 Å². The zero-order valence-corrected chi connectivity index (χ0v) is 41.6. The van der Waals surface area contributed by atoms with Crippen molar-refractivity contribution >= 4 is 23.8 Å². The molecule has 17 heteroatoms. The van der Waals surface area contributed by atoms with Gasteiger partial charge < -0.3 is 54.7 Å². The Morgan fingerprint density at radius 2 is 1.21 bits per heavy atom. The maximum absolute atomic E-state index is 13.8. The number of pyridine rings is 1. The molecule has 0 bridgehead atoms. The smallest absolute Gasteiger partial charge is 0.407 e. The van der Waals surface area contributed by atoms with E-state index in [1.807, 2.05) is 37.3 Å². The van der Waals surface area contributed by atoms with Crippen LogP contribution < -0.4 is 20.9 Å². The third kappa shape index (κ3) is 10.3. The molecule has 9 rings (SSSR count). The molecule has 1 unspecified atom stereocenters. The second-order valence-electron chi connectivity index (χ2n) is 19.3. The van der Waals surface area contributed by atoms with Gasteiger partial charge in [-0.05, 0) is 84.0 Å². The summed E-state index contributed by atoms with van der Waals surface area (Å²) in [6.45, 7) is 16.9. The molecule has 2 aromatic carbocycles. The van der Waals surface area contributed by atoms with E-state index < -0.39 is 12.1 Å². The lowest BCUT2D eigenvalue weighted by Gasteiger charge is -2.34. The largest absolute Gasteiger partial charge is 0.453 e. The summed E-state index contributed by atoms with van der Waals surface area (Å²) in [5, 5.41) is 8.48. The van der Waals surface area contributed by atoms with E-state index in [9.17, 15) is 14.4 Å². The number of carbonyl (C=O) groups excluding carboxylic acids is 3. The molecule has 6 aromatic rings. The summed E-state index contributed by atoms with van der Waals surface area (Å²) >= 11 is 0. The number of aromatic amines is 2. The van der Waals surface area contributed by atoms with Crippen molar-refractivity contribution < 1.29 is 23.9 Å². The molecule has 3 aliphatic rings. The van der Waals surface area contributed by atoms with E-state index in [-0.39, 0.29) is 41.9 Å². The lowest BCUT2D eigenvalue weighted by Crippen LogP contribution is -2.51. The van der Waals surface area contributed by atoms with Crippen LogP contribution in [0, 0.1) is 11.8 Å². The first kappa shape index (κ1) is 48.6. The van der Waals surface area contributed by atoms with Crippen molar-refractivity contribution in [2.24, 2.45) is 11.8 Å². The Morgan fingerprint density at radius 3 is 1.72 bits per heavy atom. The van der Waals surface area contributed by atoms with Crippen LogP contribution in [0.2, 0.25) is 0 Å². The molecule has 0 saturated carbocycles. The Balaban J connectivity index is 0.967. The fourth-order valence-corrected chi connectivity index (χ4v) is 10.2. The summed E-state index contributed by atoms with van der Waals surface area (Å²) in [5.74, 6) is 2.43. The number of morpholine rings is 1. The number of urea groups is 1. The Hall–Kier alpha value is -7.40. The zero-order chi connectivity index (χ0) is 49.8. The van der Waals surface area contributed by atoms with E-state index in [0.717, 1.165) is 119 Å². The highest BCUT2D eigenvalue weighted by atomic mass is 16.5. The molecule has 7 heterocycles. The summed E-state index contributed by atoms with van der Waals surface area (Å²) in [7, 11) is 2.92. The van der Waals surface area contributed by atoms with Gasteiger partial charge in [0, 0.05) is 38.9 Å². The number of imidazole rings is 2. The van der Waals surface area contributed by atoms with Crippen molar-refractivity contribution in [3.05, 3.63) is 115 Å². The quantitative estimate of drug-likeness (QED) is 0.0668. The number of ether oxygens (including phenoxy) is 2. The summed E-state index contributed by atoms with van der Waals surface area (Å²) in [5.41, 5.74) is 9.68. The van der Waals surface area contributed by atoms with Crippen molar-refractivity contribution in [2.75, 3.05) is 58.5 Å². The average molecular weight is 963 g/mol. The van der Waals surface area contributed by atoms with E-state index in [4.69, 9.17) is 24.4 Å². The van der Waals surface area contributed by atoms with Crippen LogP contribution >= 0.6 is 0 Å². The second-order valence-corrected chi connectivity index (χ2v) is 19.3.